The number of carbonyl (C=O) groups excluding carboxylic acids is 1. The fourth-order valence-electron chi connectivity index (χ4n) is 2.29. The van der Waals surface area contributed by atoms with Crippen molar-refractivity contribution in [2.45, 2.75) is 13.5 Å². The quantitative estimate of drug-likeness (QED) is 0.756. The lowest BCUT2D eigenvalue weighted by Crippen LogP contribution is -2.24. The van der Waals surface area contributed by atoms with Crippen LogP contribution in [0.3, 0.4) is 0 Å². The summed E-state index contributed by atoms with van der Waals surface area (Å²) in [6.45, 7) is 2.49. The number of nitrogens with zero attached hydrogens (tertiary/aromatic N) is 2. The van der Waals surface area contributed by atoms with E-state index in [1.165, 1.54) is 6.33 Å². The molecule has 0 bridgehead atoms. The topological polar surface area (TPSA) is 66.9 Å². The van der Waals surface area contributed by atoms with Crippen LogP contribution in [0.25, 0.3) is 0 Å². The Labute approximate surface area is 140 Å². The van der Waals surface area contributed by atoms with Gasteiger partial charge >= 0.3 is 0 Å². The Hall–Kier alpha value is -3.21. The first-order chi connectivity index (χ1) is 11.7. The number of benzene rings is 2. The molecule has 1 heterocycles. The van der Waals surface area contributed by atoms with Crippen molar-refractivity contribution in [2.24, 2.45) is 0 Å². The molecule has 3 rings (SSSR count). The maximum absolute atomic E-state index is 12.3. The SMILES string of the molecule is Cc1ccccc1CNC(=O)c1cc(Nc2ccccc2)ncn1. The normalized spacial score (nSPS) is 10.2. The second-order valence-corrected chi connectivity index (χ2v) is 5.39. The Morgan fingerprint density at radius 3 is 2.54 bits per heavy atom. The first-order valence-electron chi connectivity index (χ1n) is 7.69. The summed E-state index contributed by atoms with van der Waals surface area (Å²) in [5.74, 6) is 0.356. The van der Waals surface area contributed by atoms with Crippen LogP contribution in [0.15, 0.2) is 67.0 Å². The van der Waals surface area contributed by atoms with Crippen LogP contribution >= 0.6 is 0 Å². The molecule has 1 aromatic heterocycles. The van der Waals surface area contributed by atoms with Crippen LogP contribution in [0, 0.1) is 6.92 Å². The maximum Gasteiger partial charge on any atom is 0.270 e. The summed E-state index contributed by atoms with van der Waals surface area (Å²) < 4.78 is 0. The highest BCUT2D eigenvalue weighted by Crippen LogP contribution is 2.14. The average Bonchev–Trinajstić information content (AvgIpc) is 2.62. The minimum atomic E-state index is -0.225. The van der Waals surface area contributed by atoms with Crippen LogP contribution in [0.2, 0.25) is 0 Å². The Morgan fingerprint density at radius 1 is 1.00 bits per heavy atom. The van der Waals surface area contributed by atoms with Crippen molar-refractivity contribution >= 4 is 17.4 Å². The van der Waals surface area contributed by atoms with Crippen molar-refractivity contribution in [3.63, 3.8) is 0 Å². The van der Waals surface area contributed by atoms with E-state index in [0.29, 0.717) is 18.1 Å². The summed E-state index contributed by atoms with van der Waals surface area (Å²) in [7, 11) is 0. The van der Waals surface area contributed by atoms with Crippen LogP contribution in [0.1, 0.15) is 21.6 Å². The molecular formula is C19H18N4O. The molecule has 5 nitrogen and oxygen atoms in total. The van der Waals surface area contributed by atoms with Gasteiger partial charge in [0.2, 0.25) is 0 Å². The Morgan fingerprint density at radius 2 is 1.75 bits per heavy atom. The molecule has 120 valence electrons. The van der Waals surface area contributed by atoms with Crippen LogP contribution in [-0.2, 0) is 6.54 Å². The first kappa shape index (κ1) is 15.7. The number of anilines is 2. The summed E-state index contributed by atoms with van der Waals surface area (Å²) in [5.41, 5.74) is 3.47. The van der Waals surface area contributed by atoms with Gasteiger partial charge in [-0.15, -0.1) is 0 Å². The van der Waals surface area contributed by atoms with Gasteiger partial charge in [-0.05, 0) is 30.2 Å². The number of hydrogen-bond acceptors (Lipinski definition) is 4. The molecular weight excluding hydrogens is 300 g/mol. The lowest BCUT2D eigenvalue weighted by atomic mass is 10.1. The summed E-state index contributed by atoms with van der Waals surface area (Å²) in [6.07, 6.45) is 1.38. The summed E-state index contributed by atoms with van der Waals surface area (Å²) in [5, 5.41) is 6.04. The fraction of sp³-hybridized carbons (Fsp3) is 0.105. The Bertz CT molecular complexity index is 834. The van der Waals surface area contributed by atoms with Crippen molar-refractivity contribution in [3.8, 4) is 0 Å². The number of aromatic nitrogens is 2. The predicted octanol–water partition coefficient (Wildman–Crippen LogP) is 3.46. The van der Waals surface area contributed by atoms with E-state index in [2.05, 4.69) is 20.6 Å². The third kappa shape index (κ3) is 3.95. The molecule has 0 saturated carbocycles. The van der Waals surface area contributed by atoms with Gasteiger partial charge in [-0.2, -0.15) is 0 Å². The first-order valence-corrected chi connectivity index (χ1v) is 7.69. The highest BCUT2D eigenvalue weighted by atomic mass is 16.1. The van der Waals surface area contributed by atoms with E-state index in [0.717, 1.165) is 16.8 Å². The second kappa shape index (κ2) is 7.37. The molecule has 0 fully saturated rings. The monoisotopic (exact) mass is 318 g/mol. The van der Waals surface area contributed by atoms with Gasteiger partial charge in [-0.25, -0.2) is 9.97 Å². The van der Waals surface area contributed by atoms with E-state index in [-0.39, 0.29) is 5.91 Å². The number of aryl methyl sites for hydroxylation is 1. The number of para-hydroxylation sites is 1. The molecule has 0 spiro atoms. The fourth-order valence-corrected chi connectivity index (χ4v) is 2.29. The molecule has 0 saturated heterocycles. The van der Waals surface area contributed by atoms with Crippen molar-refractivity contribution in [1.82, 2.24) is 15.3 Å². The molecule has 3 aromatic rings. The zero-order valence-electron chi connectivity index (χ0n) is 13.4. The van der Waals surface area contributed by atoms with Gasteiger partial charge in [0.25, 0.3) is 5.91 Å². The average molecular weight is 318 g/mol. The molecule has 2 N–H and O–H groups in total. The number of amides is 1. The molecule has 0 unspecified atom stereocenters. The van der Waals surface area contributed by atoms with Gasteiger partial charge in [0.15, 0.2) is 0 Å². The highest BCUT2D eigenvalue weighted by Gasteiger charge is 2.09. The van der Waals surface area contributed by atoms with E-state index < -0.39 is 0 Å². The van der Waals surface area contributed by atoms with Crippen molar-refractivity contribution in [3.05, 3.63) is 83.8 Å². The standard InChI is InChI=1S/C19H18N4O/c1-14-7-5-6-8-15(14)12-20-19(24)17-11-18(22-13-21-17)23-16-9-3-2-4-10-16/h2-11,13H,12H2,1H3,(H,20,24)(H,21,22,23). The molecule has 0 aliphatic heterocycles. The van der Waals surface area contributed by atoms with Gasteiger partial charge in [0, 0.05) is 18.3 Å². The van der Waals surface area contributed by atoms with Gasteiger partial charge in [-0.1, -0.05) is 42.5 Å². The van der Waals surface area contributed by atoms with Gasteiger partial charge < -0.3 is 10.6 Å². The zero-order valence-corrected chi connectivity index (χ0v) is 13.4. The van der Waals surface area contributed by atoms with Gasteiger partial charge in [0.1, 0.15) is 17.8 Å². The molecule has 1 amide bonds. The lowest BCUT2D eigenvalue weighted by molar-refractivity contribution is 0.0945. The van der Waals surface area contributed by atoms with E-state index in [4.69, 9.17) is 0 Å². The largest absolute Gasteiger partial charge is 0.347 e. The highest BCUT2D eigenvalue weighted by molar-refractivity contribution is 5.92. The van der Waals surface area contributed by atoms with E-state index in [1.54, 1.807) is 6.07 Å². The third-order valence-corrected chi connectivity index (χ3v) is 3.65. The summed E-state index contributed by atoms with van der Waals surface area (Å²) >= 11 is 0. The van der Waals surface area contributed by atoms with Crippen molar-refractivity contribution < 1.29 is 4.79 Å². The van der Waals surface area contributed by atoms with Gasteiger partial charge in [-0.3, -0.25) is 4.79 Å². The van der Waals surface area contributed by atoms with Crippen LogP contribution in [0.5, 0.6) is 0 Å². The van der Waals surface area contributed by atoms with E-state index in [1.807, 2.05) is 61.5 Å². The van der Waals surface area contributed by atoms with Crippen molar-refractivity contribution in [2.75, 3.05) is 5.32 Å². The summed E-state index contributed by atoms with van der Waals surface area (Å²) in [6, 6.07) is 19.3. The molecule has 0 radical (unpaired) electrons. The van der Waals surface area contributed by atoms with Gasteiger partial charge in [0.05, 0.1) is 0 Å². The third-order valence-electron chi connectivity index (χ3n) is 3.65. The Balaban J connectivity index is 1.67. The minimum Gasteiger partial charge on any atom is -0.347 e. The van der Waals surface area contributed by atoms with E-state index >= 15 is 0 Å². The lowest BCUT2D eigenvalue weighted by Gasteiger charge is -2.09. The molecule has 0 aliphatic rings. The molecule has 5 heteroatoms. The summed E-state index contributed by atoms with van der Waals surface area (Å²) in [4.78, 5) is 20.5. The molecule has 0 atom stereocenters. The molecule has 24 heavy (non-hydrogen) atoms. The van der Waals surface area contributed by atoms with Crippen molar-refractivity contribution in [1.29, 1.82) is 0 Å². The van der Waals surface area contributed by atoms with E-state index in [9.17, 15) is 4.79 Å². The molecule has 2 aromatic carbocycles. The Kier molecular flexibility index (Phi) is 4.81. The second-order valence-electron chi connectivity index (χ2n) is 5.39. The molecule has 0 aliphatic carbocycles. The predicted molar refractivity (Wildman–Crippen MR) is 94.1 cm³/mol. The minimum absolute atomic E-state index is 0.225. The number of nitrogens with one attached hydrogen (secondary N) is 2. The zero-order chi connectivity index (χ0) is 16.8. The van der Waals surface area contributed by atoms with Crippen LogP contribution < -0.4 is 10.6 Å². The number of rotatable bonds is 5. The van der Waals surface area contributed by atoms with Crippen LogP contribution in [-0.4, -0.2) is 15.9 Å². The number of carbonyl (C=O) groups is 1. The smallest absolute Gasteiger partial charge is 0.270 e. The van der Waals surface area contributed by atoms with Crippen LogP contribution in [0.4, 0.5) is 11.5 Å². The number of hydrogen-bond donors (Lipinski definition) is 2. The maximum atomic E-state index is 12.3.